The third-order valence-electron chi connectivity index (χ3n) is 2.32. The summed E-state index contributed by atoms with van der Waals surface area (Å²) in [5, 5.41) is 8.43. The Morgan fingerprint density at radius 1 is 1.41 bits per heavy atom. The molecule has 1 aromatic rings. The quantitative estimate of drug-likeness (QED) is 0.776. The van der Waals surface area contributed by atoms with Gasteiger partial charge in [0.1, 0.15) is 0 Å². The standard InChI is InChI=1S/C13H16N2OS/c1-15(9-5-8-14)13(16)11-17-10-12-6-3-2-4-7-12/h2-4,6-7H,5,9-11H2,1H3. The Bertz CT molecular complexity index is 386. The fraction of sp³-hybridized carbons (Fsp3) is 0.385. The maximum atomic E-state index is 11.6. The monoisotopic (exact) mass is 248 g/mol. The second-order valence-corrected chi connectivity index (χ2v) is 4.69. The first-order chi connectivity index (χ1) is 8.24. The Morgan fingerprint density at radius 2 is 2.12 bits per heavy atom. The summed E-state index contributed by atoms with van der Waals surface area (Å²) in [6.07, 6.45) is 0.394. The van der Waals surface area contributed by atoms with Crippen molar-refractivity contribution >= 4 is 17.7 Å². The number of amides is 1. The van der Waals surface area contributed by atoms with Crippen LogP contribution in [0.4, 0.5) is 0 Å². The Balaban J connectivity index is 2.23. The van der Waals surface area contributed by atoms with Crippen LogP contribution in [0, 0.1) is 11.3 Å². The number of rotatable bonds is 6. The summed E-state index contributed by atoms with van der Waals surface area (Å²) < 4.78 is 0. The fourth-order valence-corrected chi connectivity index (χ4v) is 2.21. The van der Waals surface area contributed by atoms with E-state index in [9.17, 15) is 4.79 Å². The van der Waals surface area contributed by atoms with Gasteiger partial charge in [-0.1, -0.05) is 30.3 Å². The van der Waals surface area contributed by atoms with Gasteiger partial charge in [-0.2, -0.15) is 5.26 Å². The van der Waals surface area contributed by atoms with Gasteiger partial charge in [0.25, 0.3) is 0 Å². The Kier molecular flexibility index (Phi) is 6.19. The molecule has 0 fully saturated rings. The van der Waals surface area contributed by atoms with Gasteiger partial charge >= 0.3 is 0 Å². The average molecular weight is 248 g/mol. The Hall–Kier alpha value is -1.47. The summed E-state index contributed by atoms with van der Waals surface area (Å²) in [4.78, 5) is 13.2. The van der Waals surface area contributed by atoms with E-state index in [1.807, 2.05) is 24.3 Å². The molecule has 0 spiro atoms. The molecule has 0 unspecified atom stereocenters. The molecule has 1 aromatic carbocycles. The minimum atomic E-state index is 0.0844. The highest BCUT2D eigenvalue weighted by molar-refractivity contribution is 7.99. The second-order valence-electron chi connectivity index (χ2n) is 3.70. The third-order valence-corrected chi connectivity index (χ3v) is 3.31. The molecule has 0 radical (unpaired) electrons. The molecular formula is C13H16N2OS. The molecule has 0 heterocycles. The molecule has 17 heavy (non-hydrogen) atoms. The van der Waals surface area contributed by atoms with E-state index in [4.69, 9.17) is 5.26 Å². The fourth-order valence-electron chi connectivity index (χ4n) is 1.28. The van der Waals surface area contributed by atoms with Crippen molar-refractivity contribution in [3.05, 3.63) is 35.9 Å². The number of benzene rings is 1. The first kappa shape index (κ1) is 13.6. The van der Waals surface area contributed by atoms with Crippen molar-refractivity contribution in [1.82, 2.24) is 4.90 Å². The summed E-state index contributed by atoms with van der Waals surface area (Å²) in [6.45, 7) is 0.515. The lowest BCUT2D eigenvalue weighted by Gasteiger charge is -2.14. The van der Waals surface area contributed by atoms with Crippen molar-refractivity contribution in [1.29, 1.82) is 5.26 Å². The van der Waals surface area contributed by atoms with Gasteiger partial charge in [0, 0.05) is 19.3 Å². The summed E-state index contributed by atoms with van der Waals surface area (Å²) >= 11 is 1.60. The maximum Gasteiger partial charge on any atom is 0.232 e. The minimum absolute atomic E-state index is 0.0844. The van der Waals surface area contributed by atoms with E-state index in [0.717, 1.165) is 5.75 Å². The highest BCUT2D eigenvalue weighted by atomic mass is 32.2. The molecule has 3 nitrogen and oxygen atoms in total. The van der Waals surface area contributed by atoms with Crippen molar-refractivity contribution in [3.63, 3.8) is 0 Å². The van der Waals surface area contributed by atoms with Crippen molar-refractivity contribution in [2.45, 2.75) is 12.2 Å². The van der Waals surface area contributed by atoms with Gasteiger partial charge in [-0.15, -0.1) is 11.8 Å². The molecule has 1 amide bonds. The Labute approximate surface area is 106 Å². The van der Waals surface area contributed by atoms with Crippen LogP contribution >= 0.6 is 11.8 Å². The topological polar surface area (TPSA) is 44.1 Å². The van der Waals surface area contributed by atoms with E-state index >= 15 is 0 Å². The molecule has 0 saturated heterocycles. The number of nitrogens with zero attached hydrogens (tertiary/aromatic N) is 2. The number of carbonyl (C=O) groups excluding carboxylic acids is 1. The summed E-state index contributed by atoms with van der Waals surface area (Å²) in [5.41, 5.74) is 1.23. The average Bonchev–Trinajstić information content (AvgIpc) is 2.37. The number of hydrogen-bond donors (Lipinski definition) is 0. The molecule has 0 saturated carbocycles. The van der Waals surface area contributed by atoms with Crippen molar-refractivity contribution in [3.8, 4) is 6.07 Å². The lowest BCUT2D eigenvalue weighted by molar-refractivity contribution is -0.127. The van der Waals surface area contributed by atoms with E-state index in [-0.39, 0.29) is 5.91 Å². The lowest BCUT2D eigenvalue weighted by Crippen LogP contribution is -2.29. The van der Waals surface area contributed by atoms with Gasteiger partial charge in [-0.05, 0) is 5.56 Å². The molecular weight excluding hydrogens is 232 g/mol. The van der Waals surface area contributed by atoms with Crippen LogP contribution in [0.1, 0.15) is 12.0 Å². The number of carbonyl (C=O) groups is 1. The van der Waals surface area contributed by atoms with Crippen molar-refractivity contribution in [2.75, 3.05) is 19.3 Å². The van der Waals surface area contributed by atoms with Crippen molar-refractivity contribution in [2.24, 2.45) is 0 Å². The summed E-state index contributed by atoms with van der Waals surface area (Å²) in [7, 11) is 1.74. The molecule has 0 aliphatic rings. The molecule has 1 rings (SSSR count). The predicted molar refractivity (Wildman–Crippen MR) is 70.5 cm³/mol. The van der Waals surface area contributed by atoms with Crippen LogP contribution in [0.15, 0.2) is 30.3 Å². The third kappa shape index (κ3) is 5.41. The molecule has 0 aliphatic carbocycles. The number of thioether (sulfide) groups is 1. The van der Waals surface area contributed by atoms with E-state index in [0.29, 0.717) is 18.7 Å². The molecule has 0 aliphatic heterocycles. The molecule has 0 atom stereocenters. The molecule has 0 bridgehead atoms. The predicted octanol–water partition coefficient (Wildman–Crippen LogP) is 2.29. The van der Waals surface area contributed by atoms with E-state index < -0.39 is 0 Å². The second kappa shape index (κ2) is 7.75. The zero-order valence-corrected chi connectivity index (χ0v) is 10.7. The SMILES string of the molecule is CN(CCC#N)C(=O)CSCc1ccccc1. The largest absolute Gasteiger partial charge is 0.344 e. The number of hydrogen-bond acceptors (Lipinski definition) is 3. The van der Waals surface area contributed by atoms with Crippen LogP contribution in [0.3, 0.4) is 0 Å². The molecule has 0 N–H and O–H groups in total. The van der Waals surface area contributed by atoms with E-state index in [1.54, 1.807) is 23.7 Å². The van der Waals surface area contributed by atoms with Gasteiger partial charge in [0.05, 0.1) is 18.2 Å². The van der Waals surface area contributed by atoms with Crippen LogP contribution in [0.25, 0.3) is 0 Å². The van der Waals surface area contributed by atoms with Gasteiger partial charge < -0.3 is 4.90 Å². The zero-order chi connectivity index (χ0) is 12.5. The normalized spacial score (nSPS) is 9.65. The Morgan fingerprint density at radius 3 is 2.76 bits per heavy atom. The van der Waals surface area contributed by atoms with Crippen LogP contribution < -0.4 is 0 Å². The van der Waals surface area contributed by atoms with Crippen molar-refractivity contribution < 1.29 is 4.79 Å². The highest BCUT2D eigenvalue weighted by Gasteiger charge is 2.07. The van der Waals surface area contributed by atoms with Crippen LogP contribution in [-0.2, 0) is 10.5 Å². The van der Waals surface area contributed by atoms with Gasteiger partial charge in [0.15, 0.2) is 0 Å². The van der Waals surface area contributed by atoms with Crippen LogP contribution in [0.5, 0.6) is 0 Å². The highest BCUT2D eigenvalue weighted by Crippen LogP contribution is 2.12. The summed E-state index contributed by atoms with van der Waals surface area (Å²) in [5.74, 6) is 1.40. The zero-order valence-electron chi connectivity index (χ0n) is 9.93. The van der Waals surface area contributed by atoms with Crippen LogP contribution in [0.2, 0.25) is 0 Å². The molecule has 0 aromatic heterocycles. The lowest BCUT2D eigenvalue weighted by atomic mass is 10.2. The first-order valence-corrected chi connectivity index (χ1v) is 6.62. The summed E-state index contributed by atoms with van der Waals surface area (Å²) in [6, 6.07) is 12.1. The van der Waals surface area contributed by atoms with E-state index in [2.05, 4.69) is 12.1 Å². The van der Waals surface area contributed by atoms with Gasteiger partial charge in [-0.3, -0.25) is 4.79 Å². The van der Waals surface area contributed by atoms with Gasteiger partial charge in [0.2, 0.25) is 5.91 Å². The molecule has 4 heteroatoms. The smallest absolute Gasteiger partial charge is 0.232 e. The number of nitriles is 1. The molecule has 90 valence electrons. The van der Waals surface area contributed by atoms with Crippen LogP contribution in [-0.4, -0.2) is 30.2 Å². The van der Waals surface area contributed by atoms with E-state index in [1.165, 1.54) is 5.56 Å². The first-order valence-electron chi connectivity index (χ1n) is 5.46. The maximum absolute atomic E-state index is 11.6. The minimum Gasteiger partial charge on any atom is -0.344 e. The van der Waals surface area contributed by atoms with Gasteiger partial charge in [-0.25, -0.2) is 0 Å².